The molecule has 0 aromatic heterocycles. The average molecular weight is 427 g/mol. The summed E-state index contributed by atoms with van der Waals surface area (Å²) in [6.45, 7) is 6.30. The SMILES string of the molecule is CC(C)(C)c1ccc(C(=O)CCC(=O)OCc2cc([N+](=O)[O-])cc3c2OCOC3)cc1. The summed E-state index contributed by atoms with van der Waals surface area (Å²) in [5.41, 5.74) is 2.45. The highest BCUT2D eigenvalue weighted by Gasteiger charge is 2.22. The average Bonchev–Trinajstić information content (AvgIpc) is 2.75. The van der Waals surface area contributed by atoms with Crippen LogP contribution in [0.5, 0.6) is 5.75 Å². The van der Waals surface area contributed by atoms with Gasteiger partial charge in [0.2, 0.25) is 0 Å². The lowest BCUT2D eigenvalue weighted by Crippen LogP contribution is -2.15. The number of hydrogen-bond acceptors (Lipinski definition) is 7. The topological polar surface area (TPSA) is 105 Å². The van der Waals surface area contributed by atoms with Crippen LogP contribution < -0.4 is 4.74 Å². The van der Waals surface area contributed by atoms with Gasteiger partial charge in [-0.3, -0.25) is 19.7 Å². The third-order valence-electron chi connectivity index (χ3n) is 5.00. The number of Topliss-reactive ketones (excluding diaryl/α,β-unsaturated/α-hetero) is 1. The van der Waals surface area contributed by atoms with E-state index >= 15 is 0 Å². The Hall–Kier alpha value is -3.26. The minimum atomic E-state index is -0.563. The van der Waals surface area contributed by atoms with Gasteiger partial charge in [-0.25, -0.2) is 0 Å². The minimum absolute atomic E-state index is 0.00702. The van der Waals surface area contributed by atoms with Gasteiger partial charge in [0.1, 0.15) is 12.4 Å². The van der Waals surface area contributed by atoms with E-state index in [0.29, 0.717) is 22.4 Å². The van der Waals surface area contributed by atoms with Crippen LogP contribution in [0.2, 0.25) is 0 Å². The molecule has 2 aromatic carbocycles. The number of rotatable bonds is 7. The van der Waals surface area contributed by atoms with Crippen molar-refractivity contribution in [2.75, 3.05) is 6.79 Å². The van der Waals surface area contributed by atoms with Gasteiger partial charge in [-0.2, -0.15) is 0 Å². The largest absolute Gasteiger partial charge is 0.467 e. The highest BCUT2D eigenvalue weighted by Crippen LogP contribution is 2.33. The van der Waals surface area contributed by atoms with Crippen molar-refractivity contribution in [3.8, 4) is 5.75 Å². The molecule has 0 spiro atoms. The molecule has 1 aliphatic heterocycles. The van der Waals surface area contributed by atoms with Gasteiger partial charge in [0.15, 0.2) is 12.6 Å². The second kappa shape index (κ2) is 9.26. The van der Waals surface area contributed by atoms with E-state index in [4.69, 9.17) is 14.2 Å². The molecule has 1 heterocycles. The van der Waals surface area contributed by atoms with Crippen molar-refractivity contribution >= 4 is 17.4 Å². The normalized spacial score (nSPS) is 13.1. The number of ether oxygens (including phenoxy) is 3. The Kier molecular flexibility index (Phi) is 6.70. The number of non-ortho nitro benzene ring substituents is 1. The van der Waals surface area contributed by atoms with Crippen molar-refractivity contribution in [2.24, 2.45) is 0 Å². The molecule has 0 atom stereocenters. The fourth-order valence-corrected chi connectivity index (χ4v) is 3.24. The summed E-state index contributed by atoms with van der Waals surface area (Å²) < 4.78 is 15.8. The third-order valence-corrected chi connectivity index (χ3v) is 5.00. The lowest BCUT2D eigenvalue weighted by atomic mass is 9.86. The minimum Gasteiger partial charge on any atom is -0.467 e. The number of nitro benzene ring substituents is 1. The maximum absolute atomic E-state index is 12.4. The Labute approximate surface area is 180 Å². The van der Waals surface area contributed by atoms with Gasteiger partial charge in [0.05, 0.1) is 18.0 Å². The first kappa shape index (κ1) is 22.4. The van der Waals surface area contributed by atoms with Gasteiger partial charge in [0.25, 0.3) is 5.69 Å². The highest BCUT2D eigenvalue weighted by molar-refractivity contribution is 5.97. The zero-order valence-corrected chi connectivity index (χ0v) is 17.8. The van der Waals surface area contributed by atoms with Crippen molar-refractivity contribution in [1.82, 2.24) is 0 Å². The maximum Gasteiger partial charge on any atom is 0.306 e. The Morgan fingerprint density at radius 3 is 2.48 bits per heavy atom. The number of esters is 1. The highest BCUT2D eigenvalue weighted by atomic mass is 16.7. The van der Waals surface area contributed by atoms with E-state index in [9.17, 15) is 19.7 Å². The van der Waals surface area contributed by atoms with Crippen molar-refractivity contribution < 1.29 is 28.7 Å². The third kappa shape index (κ3) is 5.67. The summed E-state index contributed by atoms with van der Waals surface area (Å²) >= 11 is 0. The molecule has 0 fully saturated rings. The molecule has 0 saturated heterocycles. The molecule has 0 aliphatic carbocycles. The maximum atomic E-state index is 12.4. The molecule has 2 aromatic rings. The van der Waals surface area contributed by atoms with Gasteiger partial charge in [0, 0.05) is 35.2 Å². The van der Waals surface area contributed by atoms with E-state index in [1.54, 1.807) is 12.1 Å². The van der Waals surface area contributed by atoms with Crippen LogP contribution in [0.15, 0.2) is 36.4 Å². The van der Waals surface area contributed by atoms with Crippen LogP contribution in [0.4, 0.5) is 5.69 Å². The number of nitrogens with zero attached hydrogens (tertiary/aromatic N) is 1. The summed E-state index contributed by atoms with van der Waals surface area (Å²) in [5.74, 6) is -0.280. The second-order valence-electron chi connectivity index (χ2n) is 8.37. The molecule has 164 valence electrons. The van der Waals surface area contributed by atoms with Crippen LogP contribution in [-0.4, -0.2) is 23.5 Å². The van der Waals surface area contributed by atoms with E-state index in [1.165, 1.54) is 12.1 Å². The van der Waals surface area contributed by atoms with Crippen molar-refractivity contribution in [3.63, 3.8) is 0 Å². The van der Waals surface area contributed by atoms with Crippen molar-refractivity contribution in [2.45, 2.75) is 52.2 Å². The molecule has 0 N–H and O–H groups in total. The van der Waals surface area contributed by atoms with Gasteiger partial charge in [-0.15, -0.1) is 0 Å². The molecule has 8 heteroatoms. The standard InChI is InChI=1S/C23H25NO7/c1-23(2,3)18-6-4-15(5-7-18)20(25)8-9-21(26)30-13-17-11-19(24(27)28)10-16-12-29-14-31-22(16)17/h4-7,10-11H,8-9,12-14H2,1-3H3. The Morgan fingerprint density at radius 1 is 1.13 bits per heavy atom. The van der Waals surface area contributed by atoms with E-state index in [-0.39, 0.29) is 49.7 Å². The fraction of sp³-hybridized carbons (Fsp3) is 0.391. The van der Waals surface area contributed by atoms with Crippen LogP contribution in [0, 0.1) is 10.1 Å². The van der Waals surface area contributed by atoms with E-state index in [0.717, 1.165) is 5.56 Å². The molecule has 1 aliphatic rings. The van der Waals surface area contributed by atoms with Crippen molar-refractivity contribution in [1.29, 1.82) is 0 Å². The lowest BCUT2D eigenvalue weighted by Gasteiger charge is -2.20. The number of fused-ring (bicyclic) bond motifs is 1. The summed E-state index contributed by atoms with van der Waals surface area (Å²) in [6, 6.07) is 10.1. The van der Waals surface area contributed by atoms with Gasteiger partial charge >= 0.3 is 5.97 Å². The van der Waals surface area contributed by atoms with Gasteiger partial charge in [-0.1, -0.05) is 45.0 Å². The van der Waals surface area contributed by atoms with E-state index < -0.39 is 10.9 Å². The molecule has 0 radical (unpaired) electrons. The zero-order chi connectivity index (χ0) is 22.6. The Morgan fingerprint density at radius 2 is 1.84 bits per heavy atom. The summed E-state index contributed by atoms with van der Waals surface area (Å²) in [7, 11) is 0. The smallest absolute Gasteiger partial charge is 0.306 e. The molecule has 0 unspecified atom stereocenters. The van der Waals surface area contributed by atoms with E-state index in [2.05, 4.69) is 20.8 Å². The number of benzene rings is 2. The molecule has 8 nitrogen and oxygen atoms in total. The molecule has 0 amide bonds. The quantitative estimate of drug-likeness (QED) is 0.278. The monoisotopic (exact) mass is 427 g/mol. The number of hydrogen-bond donors (Lipinski definition) is 0. The predicted octanol–water partition coefficient (Wildman–Crippen LogP) is 4.47. The lowest BCUT2D eigenvalue weighted by molar-refractivity contribution is -0.385. The van der Waals surface area contributed by atoms with Gasteiger partial charge < -0.3 is 14.2 Å². The van der Waals surface area contributed by atoms with Crippen molar-refractivity contribution in [3.05, 3.63) is 68.8 Å². The Balaban J connectivity index is 1.57. The predicted molar refractivity (Wildman–Crippen MR) is 112 cm³/mol. The molecule has 0 bridgehead atoms. The first-order valence-electron chi connectivity index (χ1n) is 9.95. The van der Waals surface area contributed by atoms with Crippen LogP contribution >= 0.6 is 0 Å². The molecule has 0 saturated carbocycles. The molecule has 31 heavy (non-hydrogen) atoms. The number of carbonyl (C=O) groups excluding carboxylic acids is 2. The van der Waals surface area contributed by atoms with Crippen LogP contribution in [0.3, 0.4) is 0 Å². The zero-order valence-electron chi connectivity index (χ0n) is 17.8. The molecular formula is C23H25NO7. The summed E-state index contributed by atoms with van der Waals surface area (Å²) in [6.07, 6.45) is -0.0635. The number of ketones is 1. The molecular weight excluding hydrogens is 402 g/mol. The first-order chi connectivity index (χ1) is 14.6. The second-order valence-corrected chi connectivity index (χ2v) is 8.37. The van der Waals surface area contributed by atoms with Crippen LogP contribution in [-0.2, 0) is 32.9 Å². The van der Waals surface area contributed by atoms with Gasteiger partial charge in [-0.05, 0) is 11.0 Å². The van der Waals surface area contributed by atoms with Crippen LogP contribution in [0.25, 0.3) is 0 Å². The Bertz CT molecular complexity index is 990. The van der Waals surface area contributed by atoms with Crippen LogP contribution in [0.1, 0.15) is 60.7 Å². The number of carbonyl (C=O) groups is 2. The fourth-order valence-electron chi connectivity index (χ4n) is 3.24. The summed E-state index contributed by atoms with van der Waals surface area (Å²) in [5, 5.41) is 11.1. The summed E-state index contributed by atoms with van der Waals surface area (Å²) in [4.78, 5) is 35.1. The van der Waals surface area contributed by atoms with E-state index in [1.807, 2.05) is 12.1 Å². The first-order valence-corrected chi connectivity index (χ1v) is 9.95. The number of nitro groups is 1. The molecule has 3 rings (SSSR count).